The van der Waals surface area contributed by atoms with Crippen LogP contribution >= 0.6 is 0 Å². The van der Waals surface area contributed by atoms with Crippen molar-refractivity contribution in [2.24, 2.45) is 0 Å². The minimum atomic E-state index is -0.322. The maximum absolute atomic E-state index is 13.6. The molecule has 0 bridgehead atoms. The summed E-state index contributed by atoms with van der Waals surface area (Å²) in [7, 11) is 0. The predicted molar refractivity (Wildman–Crippen MR) is 103 cm³/mol. The molecular weight excluding hydrogens is 347 g/mol. The number of nitrogens with one attached hydrogen (secondary N) is 1. The van der Waals surface area contributed by atoms with Crippen LogP contribution in [-0.2, 0) is 9.59 Å². The largest absolute Gasteiger partial charge is 0.342 e. The molecule has 1 aromatic rings. The number of rotatable bonds is 5. The van der Waals surface area contributed by atoms with Gasteiger partial charge < -0.3 is 10.2 Å². The Balaban J connectivity index is 1.45. The normalized spacial score (nSPS) is 19.9. The molecule has 1 atom stereocenters. The van der Waals surface area contributed by atoms with Gasteiger partial charge in [-0.05, 0) is 44.4 Å². The molecule has 2 amide bonds. The third-order valence-electron chi connectivity index (χ3n) is 5.59. The summed E-state index contributed by atoms with van der Waals surface area (Å²) >= 11 is 0. The molecule has 0 spiro atoms. The van der Waals surface area contributed by atoms with Crippen LogP contribution in [0.25, 0.3) is 0 Å². The van der Waals surface area contributed by atoms with Gasteiger partial charge in [-0.2, -0.15) is 0 Å². The smallest absolute Gasteiger partial charge is 0.241 e. The van der Waals surface area contributed by atoms with Gasteiger partial charge in [0, 0.05) is 45.0 Å². The van der Waals surface area contributed by atoms with Gasteiger partial charge in [0.2, 0.25) is 11.8 Å². The van der Waals surface area contributed by atoms with Gasteiger partial charge in [0.25, 0.3) is 0 Å². The standard InChI is InChI=1S/C20H29FN4O2/c1-15-5-6-17(13-18(15)21)22-20(27)16(2)24-11-9-23(10-12-24)14-19(26)25-7-3-4-8-25/h5-6,13,16H,3-4,7-12,14H2,1-2H3,(H,22,27). The maximum Gasteiger partial charge on any atom is 0.241 e. The van der Waals surface area contributed by atoms with E-state index in [1.54, 1.807) is 19.1 Å². The molecule has 148 valence electrons. The highest BCUT2D eigenvalue weighted by molar-refractivity contribution is 5.94. The van der Waals surface area contributed by atoms with Gasteiger partial charge in [0.05, 0.1) is 12.6 Å². The Labute approximate surface area is 160 Å². The zero-order valence-electron chi connectivity index (χ0n) is 16.2. The van der Waals surface area contributed by atoms with Crippen molar-refractivity contribution in [3.8, 4) is 0 Å². The molecule has 2 fully saturated rings. The molecule has 0 radical (unpaired) electrons. The zero-order chi connectivity index (χ0) is 19.4. The highest BCUT2D eigenvalue weighted by atomic mass is 19.1. The number of carbonyl (C=O) groups is 2. The Morgan fingerprint density at radius 2 is 1.78 bits per heavy atom. The highest BCUT2D eigenvalue weighted by Gasteiger charge is 2.27. The third-order valence-corrected chi connectivity index (χ3v) is 5.59. The topological polar surface area (TPSA) is 55.9 Å². The first-order valence-corrected chi connectivity index (χ1v) is 9.75. The molecule has 2 aliphatic rings. The van der Waals surface area contributed by atoms with E-state index in [0.717, 1.165) is 52.1 Å². The number of benzene rings is 1. The summed E-state index contributed by atoms with van der Waals surface area (Å²) in [6.45, 7) is 8.83. The average molecular weight is 376 g/mol. The van der Waals surface area contributed by atoms with Gasteiger partial charge >= 0.3 is 0 Å². The molecule has 7 heteroatoms. The number of aryl methyl sites for hydroxylation is 1. The average Bonchev–Trinajstić information content (AvgIpc) is 3.20. The molecule has 6 nitrogen and oxygen atoms in total. The number of carbonyl (C=O) groups excluding carboxylic acids is 2. The van der Waals surface area contributed by atoms with Crippen molar-refractivity contribution in [1.82, 2.24) is 14.7 Å². The number of anilines is 1. The SMILES string of the molecule is Cc1ccc(NC(=O)C(C)N2CCN(CC(=O)N3CCCC3)CC2)cc1F. The van der Waals surface area contributed by atoms with Gasteiger partial charge in [-0.25, -0.2) is 4.39 Å². The van der Waals surface area contributed by atoms with Gasteiger partial charge in [-0.1, -0.05) is 6.07 Å². The fourth-order valence-electron chi connectivity index (χ4n) is 3.65. The van der Waals surface area contributed by atoms with Crippen LogP contribution < -0.4 is 5.32 Å². The number of piperazine rings is 1. The van der Waals surface area contributed by atoms with Crippen molar-refractivity contribution < 1.29 is 14.0 Å². The van der Waals surface area contributed by atoms with Gasteiger partial charge in [-0.3, -0.25) is 19.4 Å². The van der Waals surface area contributed by atoms with Crippen molar-refractivity contribution in [3.63, 3.8) is 0 Å². The monoisotopic (exact) mass is 376 g/mol. The van der Waals surface area contributed by atoms with E-state index in [0.29, 0.717) is 17.8 Å². The molecule has 1 aromatic carbocycles. The van der Waals surface area contributed by atoms with Crippen LogP contribution in [0.4, 0.5) is 10.1 Å². The summed E-state index contributed by atoms with van der Waals surface area (Å²) in [4.78, 5) is 31.0. The Morgan fingerprint density at radius 1 is 1.11 bits per heavy atom. The number of halogens is 1. The summed E-state index contributed by atoms with van der Waals surface area (Å²) in [5.74, 6) is -0.246. The first-order valence-electron chi connectivity index (χ1n) is 9.75. The van der Waals surface area contributed by atoms with Crippen molar-refractivity contribution in [2.45, 2.75) is 32.7 Å². The van der Waals surface area contributed by atoms with Crippen molar-refractivity contribution in [3.05, 3.63) is 29.6 Å². The second-order valence-corrected chi connectivity index (χ2v) is 7.53. The number of amides is 2. The number of likely N-dealkylation sites (tertiary alicyclic amines) is 1. The van der Waals surface area contributed by atoms with Crippen LogP contribution in [0.1, 0.15) is 25.3 Å². The fourth-order valence-corrected chi connectivity index (χ4v) is 3.65. The van der Waals surface area contributed by atoms with Crippen LogP contribution in [0.3, 0.4) is 0 Å². The van der Waals surface area contributed by atoms with Crippen molar-refractivity contribution >= 4 is 17.5 Å². The van der Waals surface area contributed by atoms with Crippen LogP contribution in [-0.4, -0.2) is 78.4 Å². The lowest BCUT2D eigenvalue weighted by molar-refractivity contribution is -0.132. The summed E-state index contributed by atoms with van der Waals surface area (Å²) in [5.41, 5.74) is 1.03. The van der Waals surface area contributed by atoms with E-state index >= 15 is 0 Å². The Hall–Kier alpha value is -1.99. The minimum absolute atomic E-state index is 0.139. The molecule has 1 unspecified atom stereocenters. The van der Waals surface area contributed by atoms with Gasteiger partial charge in [0.15, 0.2) is 0 Å². The predicted octanol–water partition coefficient (Wildman–Crippen LogP) is 1.70. The molecular formula is C20H29FN4O2. The molecule has 0 aromatic heterocycles. The van der Waals surface area contributed by atoms with E-state index < -0.39 is 0 Å². The van der Waals surface area contributed by atoms with Crippen LogP contribution in [0.2, 0.25) is 0 Å². The quantitative estimate of drug-likeness (QED) is 0.850. The van der Waals surface area contributed by atoms with Crippen molar-refractivity contribution in [2.75, 3.05) is 51.1 Å². The summed E-state index contributed by atoms with van der Waals surface area (Å²) < 4.78 is 13.6. The second kappa shape index (κ2) is 8.80. The first-order chi connectivity index (χ1) is 12.9. The minimum Gasteiger partial charge on any atom is -0.342 e. The summed E-state index contributed by atoms with van der Waals surface area (Å²) in [5, 5.41) is 2.79. The van der Waals surface area contributed by atoms with Gasteiger partial charge in [-0.15, -0.1) is 0 Å². The Bertz CT molecular complexity index is 683. The van der Waals surface area contributed by atoms with Crippen LogP contribution in [0.15, 0.2) is 18.2 Å². The number of nitrogens with zero attached hydrogens (tertiary/aromatic N) is 3. The molecule has 2 aliphatic heterocycles. The molecule has 3 rings (SSSR count). The lowest BCUT2D eigenvalue weighted by atomic mass is 10.2. The molecule has 1 N–H and O–H groups in total. The lowest BCUT2D eigenvalue weighted by Gasteiger charge is -2.37. The van der Waals surface area contributed by atoms with Gasteiger partial charge in [0.1, 0.15) is 5.82 Å². The molecule has 2 heterocycles. The van der Waals surface area contributed by atoms with E-state index in [1.807, 2.05) is 11.8 Å². The van der Waals surface area contributed by atoms with E-state index in [1.165, 1.54) is 6.07 Å². The van der Waals surface area contributed by atoms with E-state index in [9.17, 15) is 14.0 Å². The van der Waals surface area contributed by atoms with Crippen molar-refractivity contribution in [1.29, 1.82) is 0 Å². The number of hydrogen-bond donors (Lipinski definition) is 1. The lowest BCUT2D eigenvalue weighted by Crippen LogP contribution is -2.54. The molecule has 27 heavy (non-hydrogen) atoms. The highest BCUT2D eigenvalue weighted by Crippen LogP contribution is 2.15. The third kappa shape index (κ3) is 5.05. The van der Waals surface area contributed by atoms with E-state index in [4.69, 9.17) is 0 Å². The van der Waals surface area contributed by atoms with Crippen LogP contribution in [0, 0.1) is 12.7 Å². The second-order valence-electron chi connectivity index (χ2n) is 7.53. The maximum atomic E-state index is 13.6. The first kappa shape index (κ1) is 19.8. The summed E-state index contributed by atoms with van der Waals surface area (Å²) in [6, 6.07) is 4.42. The van der Waals surface area contributed by atoms with Crippen LogP contribution in [0.5, 0.6) is 0 Å². The fraction of sp³-hybridized carbons (Fsp3) is 0.600. The Morgan fingerprint density at radius 3 is 2.41 bits per heavy atom. The summed E-state index contributed by atoms with van der Waals surface area (Å²) in [6.07, 6.45) is 2.22. The van der Waals surface area contributed by atoms with E-state index in [-0.39, 0.29) is 23.7 Å². The number of hydrogen-bond acceptors (Lipinski definition) is 4. The molecule has 0 aliphatic carbocycles. The Kier molecular flexibility index (Phi) is 6.44. The molecule has 2 saturated heterocycles. The molecule has 0 saturated carbocycles. The van der Waals surface area contributed by atoms with E-state index in [2.05, 4.69) is 15.1 Å². The zero-order valence-corrected chi connectivity index (χ0v) is 16.2.